The number of carboxylic acid groups (broad SMARTS) is 1. The number of carbonyl (C=O) groups excluding carboxylic acids is 2. The van der Waals surface area contributed by atoms with Gasteiger partial charge in [-0.15, -0.1) is 13.2 Å². The maximum Gasteiger partial charge on any atom is 0.573 e. The van der Waals surface area contributed by atoms with Gasteiger partial charge in [0.15, 0.2) is 5.13 Å². The summed E-state index contributed by atoms with van der Waals surface area (Å²) in [4.78, 5) is 40.7. The first kappa shape index (κ1) is 31.8. The number of rotatable bonds is 10. The molecular formula is C32H31F3N4O5S. The molecule has 0 radical (unpaired) electrons. The van der Waals surface area contributed by atoms with Crippen molar-refractivity contribution < 1.29 is 37.4 Å². The van der Waals surface area contributed by atoms with Crippen LogP contribution in [0.5, 0.6) is 5.75 Å². The highest BCUT2D eigenvalue weighted by Crippen LogP contribution is 2.37. The quantitative estimate of drug-likeness (QED) is 0.143. The maximum atomic E-state index is 13.2. The van der Waals surface area contributed by atoms with Gasteiger partial charge in [0.25, 0.3) is 5.91 Å². The summed E-state index contributed by atoms with van der Waals surface area (Å²) in [5, 5.41) is 17.0. The minimum Gasteiger partial charge on any atom is -0.481 e. The molecule has 1 fully saturated rings. The predicted molar refractivity (Wildman–Crippen MR) is 164 cm³/mol. The summed E-state index contributed by atoms with van der Waals surface area (Å²) in [6.45, 7) is -0.0107. The average molecular weight is 641 g/mol. The van der Waals surface area contributed by atoms with Gasteiger partial charge in [-0.2, -0.15) is 0 Å². The summed E-state index contributed by atoms with van der Waals surface area (Å²) in [7, 11) is 0. The molecule has 45 heavy (non-hydrogen) atoms. The van der Waals surface area contributed by atoms with E-state index in [1.807, 2.05) is 12.1 Å². The standard InChI is InChI=1S/C32H31F3N4O5S/c33-32(34,35)44-25-8-4-7-24-28(25)45-31(37-24)39-30(43)38-27(21-11-9-20(10-12-21)19-5-2-1-3-6-19)22-13-15-23(16-14-22)29(42)36-18-17-26(40)41/h4,7-16,19,27H,1-3,5-6,17-18H2,(H,36,42)(H,40,41)(H2,37,38,39,43). The Kier molecular flexibility index (Phi) is 9.87. The normalized spacial score (nSPS) is 14.5. The number of anilines is 1. The van der Waals surface area contributed by atoms with Gasteiger partial charge in [0, 0.05) is 12.1 Å². The summed E-state index contributed by atoms with van der Waals surface area (Å²) < 4.78 is 42.9. The fourth-order valence-electron chi connectivity index (χ4n) is 5.41. The van der Waals surface area contributed by atoms with Crippen LogP contribution in [0.2, 0.25) is 0 Å². The Labute approximate surface area is 260 Å². The Morgan fingerprint density at radius 3 is 2.27 bits per heavy atom. The van der Waals surface area contributed by atoms with E-state index in [0.29, 0.717) is 17.0 Å². The third-order valence-corrected chi connectivity index (χ3v) is 8.58. The number of halogens is 3. The Hall–Kier alpha value is -4.65. The van der Waals surface area contributed by atoms with E-state index in [1.54, 1.807) is 24.3 Å². The smallest absolute Gasteiger partial charge is 0.481 e. The molecule has 0 spiro atoms. The summed E-state index contributed by atoms with van der Waals surface area (Å²) in [6.07, 6.45) is 0.833. The zero-order chi connectivity index (χ0) is 32.0. The van der Waals surface area contributed by atoms with E-state index in [9.17, 15) is 27.6 Å². The van der Waals surface area contributed by atoms with Crippen LogP contribution < -0.4 is 20.7 Å². The first-order valence-corrected chi connectivity index (χ1v) is 15.3. The minimum absolute atomic E-state index is 0.0107. The van der Waals surface area contributed by atoms with E-state index in [4.69, 9.17) is 5.11 Å². The van der Waals surface area contributed by atoms with Gasteiger partial charge in [-0.1, -0.05) is 73.1 Å². The molecule has 1 atom stereocenters. The molecule has 1 heterocycles. The number of aromatic nitrogens is 1. The van der Waals surface area contributed by atoms with Crippen molar-refractivity contribution in [3.05, 3.63) is 89.0 Å². The maximum absolute atomic E-state index is 13.2. The number of aliphatic carboxylic acids is 1. The Balaban J connectivity index is 1.36. The molecule has 0 aliphatic heterocycles. The molecule has 3 aromatic carbocycles. The number of ether oxygens (including phenoxy) is 1. The second-order valence-electron chi connectivity index (χ2n) is 10.7. The molecule has 1 saturated carbocycles. The van der Waals surface area contributed by atoms with Gasteiger partial charge >= 0.3 is 18.4 Å². The van der Waals surface area contributed by atoms with E-state index in [1.165, 1.54) is 43.0 Å². The second-order valence-corrected chi connectivity index (χ2v) is 11.7. The summed E-state index contributed by atoms with van der Waals surface area (Å²) in [5.74, 6) is -1.36. The molecule has 13 heteroatoms. The van der Waals surface area contributed by atoms with Crippen LogP contribution in [-0.2, 0) is 4.79 Å². The lowest BCUT2D eigenvalue weighted by molar-refractivity contribution is -0.274. The topological polar surface area (TPSA) is 130 Å². The molecule has 0 saturated heterocycles. The third-order valence-electron chi connectivity index (χ3n) is 7.58. The molecule has 4 N–H and O–H groups in total. The molecule has 3 amide bonds. The molecule has 1 aliphatic rings. The van der Waals surface area contributed by atoms with Gasteiger partial charge in [-0.05, 0) is 59.7 Å². The van der Waals surface area contributed by atoms with Crippen LogP contribution in [-0.4, -0.2) is 40.9 Å². The van der Waals surface area contributed by atoms with E-state index < -0.39 is 36.1 Å². The molecule has 236 valence electrons. The Bertz CT molecular complexity index is 1650. The highest BCUT2D eigenvalue weighted by Gasteiger charge is 2.32. The van der Waals surface area contributed by atoms with Crippen molar-refractivity contribution >= 4 is 44.6 Å². The number of fused-ring (bicyclic) bond motifs is 1. The fourth-order valence-corrected chi connectivity index (χ4v) is 6.32. The van der Waals surface area contributed by atoms with Crippen LogP contribution in [0.25, 0.3) is 10.2 Å². The van der Waals surface area contributed by atoms with Gasteiger partial charge in [0.1, 0.15) is 5.75 Å². The number of carboxylic acids is 1. The number of benzene rings is 3. The highest BCUT2D eigenvalue weighted by atomic mass is 32.1. The number of hydrogen-bond donors (Lipinski definition) is 4. The number of nitrogens with zero attached hydrogens (tertiary/aromatic N) is 1. The van der Waals surface area contributed by atoms with Crippen molar-refractivity contribution in [1.82, 2.24) is 15.6 Å². The molecule has 5 rings (SSSR count). The lowest BCUT2D eigenvalue weighted by Gasteiger charge is -2.24. The highest BCUT2D eigenvalue weighted by molar-refractivity contribution is 7.22. The number of amides is 3. The van der Waals surface area contributed by atoms with Crippen LogP contribution in [0.4, 0.5) is 23.1 Å². The van der Waals surface area contributed by atoms with Gasteiger partial charge < -0.3 is 20.5 Å². The second kappa shape index (κ2) is 14.0. The Morgan fingerprint density at radius 2 is 1.62 bits per heavy atom. The lowest BCUT2D eigenvalue weighted by atomic mass is 9.83. The zero-order valence-electron chi connectivity index (χ0n) is 24.0. The minimum atomic E-state index is -4.88. The van der Waals surface area contributed by atoms with E-state index in [0.717, 1.165) is 29.7 Å². The molecule has 9 nitrogen and oxygen atoms in total. The monoisotopic (exact) mass is 640 g/mol. The first-order chi connectivity index (χ1) is 21.6. The number of thiazole rings is 1. The molecule has 1 unspecified atom stereocenters. The molecule has 1 aliphatic carbocycles. The van der Waals surface area contributed by atoms with Gasteiger partial charge in [-0.3, -0.25) is 14.9 Å². The predicted octanol–water partition coefficient (Wildman–Crippen LogP) is 7.36. The van der Waals surface area contributed by atoms with Crippen LogP contribution in [0.15, 0.2) is 66.7 Å². The number of hydrogen-bond acceptors (Lipinski definition) is 6. The summed E-state index contributed by atoms with van der Waals surface area (Å²) in [6, 6.07) is 17.4. The zero-order valence-corrected chi connectivity index (χ0v) is 24.8. The van der Waals surface area contributed by atoms with Crippen LogP contribution >= 0.6 is 11.3 Å². The van der Waals surface area contributed by atoms with E-state index in [-0.39, 0.29) is 28.3 Å². The lowest BCUT2D eigenvalue weighted by Crippen LogP contribution is -2.33. The summed E-state index contributed by atoms with van der Waals surface area (Å²) >= 11 is 0.853. The van der Waals surface area contributed by atoms with Crippen molar-refractivity contribution in [1.29, 1.82) is 0 Å². The number of urea groups is 1. The van der Waals surface area contributed by atoms with Crippen molar-refractivity contribution in [2.24, 2.45) is 0 Å². The van der Waals surface area contributed by atoms with Gasteiger partial charge in [0.2, 0.25) is 0 Å². The van der Waals surface area contributed by atoms with Crippen LogP contribution in [0.3, 0.4) is 0 Å². The van der Waals surface area contributed by atoms with Crippen molar-refractivity contribution in [2.45, 2.75) is 56.8 Å². The van der Waals surface area contributed by atoms with Gasteiger partial charge in [-0.25, -0.2) is 9.78 Å². The first-order valence-electron chi connectivity index (χ1n) is 14.5. The molecule has 4 aromatic rings. The summed E-state index contributed by atoms with van der Waals surface area (Å²) in [5.41, 5.74) is 3.26. The van der Waals surface area contributed by atoms with E-state index in [2.05, 4.69) is 37.8 Å². The fraction of sp³-hybridized carbons (Fsp3) is 0.312. The van der Waals surface area contributed by atoms with Crippen molar-refractivity contribution in [3.63, 3.8) is 0 Å². The molecule has 1 aromatic heterocycles. The van der Waals surface area contributed by atoms with Crippen LogP contribution in [0, 0.1) is 0 Å². The Morgan fingerprint density at radius 1 is 0.956 bits per heavy atom. The largest absolute Gasteiger partial charge is 0.573 e. The van der Waals surface area contributed by atoms with Gasteiger partial charge in [0.05, 0.1) is 22.7 Å². The van der Waals surface area contributed by atoms with Crippen molar-refractivity contribution in [3.8, 4) is 5.75 Å². The molecule has 0 bridgehead atoms. The average Bonchev–Trinajstić information content (AvgIpc) is 3.43. The number of alkyl halides is 3. The van der Waals surface area contributed by atoms with Crippen molar-refractivity contribution in [2.75, 3.05) is 11.9 Å². The van der Waals surface area contributed by atoms with Crippen LogP contribution in [0.1, 0.15) is 77.5 Å². The van der Waals surface area contributed by atoms with E-state index >= 15 is 0 Å². The number of carbonyl (C=O) groups is 3. The SMILES string of the molecule is O=C(O)CCNC(=O)c1ccc(C(NC(=O)Nc2nc3cccc(OC(F)(F)F)c3s2)c2ccc(C3CCCCC3)cc2)cc1. The third kappa shape index (κ3) is 8.50. The molecular weight excluding hydrogens is 609 g/mol. The number of nitrogens with one attached hydrogen (secondary N) is 3.